The summed E-state index contributed by atoms with van der Waals surface area (Å²) in [6.07, 6.45) is 1.93. The number of benzene rings is 1. The fourth-order valence-electron chi connectivity index (χ4n) is 1.34. The molecule has 0 aliphatic heterocycles. The zero-order chi connectivity index (χ0) is 14.5. The van der Waals surface area contributed by atoms with Gasteiger partial charge in [-0.3, -0.25) is 4.79 Å². The Morgan fingerprint density at radius 3 is 2.80 bits per heavy atom. The summed E-state index contributed by atoms with van der Waals surface area (Å²) in [6.45, 7) is 1.78. The predicted octanol–water partition coefficient (Wildman–Crippen LogP) is 3.52. The monoisotopic (exact) mass is 329 g/mol. The molecule has 2 aromatic rings. The van der Waals surface area contributed by atoms with E-state index in [2.05, 4.69) is 15.5 Å². The number of aromatic nitrogens is 2. The van der Waals surface area contributed by atoms with E-state index in [1.54, 1.807) is 19.1 Å². The van der Waals surface area contributed by atoms with Gasteiger partial charge in [0, 0.05) is 5.69 Å². The average Bonchev–Trinajstić information content (AvgIpc) is 2.86. The number of nitrogens with zero attached hydrogens (tertiary/aromatic N) is 2. The first-order valence-corrected chi connectivity index (χ1v) is 8.61. The van der Waals surface area contributed by atoms with Crippen LogP contribution in [0.1, 0.15) is 6.92 Å². The molecule has 0 saturated heterocycles. The topological polar surface area (TPSA) is 54.9 Å². The van der Waals surface area contributed by atoms with Crippen LogP contribution in [-0.2, 0) is 4.79 Å². The number of hydrogen-bond acceptors (Lipinski definition) is 6. The SMILES string of the molecule is CSc1nnc(S[C@@H](C)C(=O)Nc2cccc(F)c2)s1. The van der Waals surface area contributed by atoms with Crippen LogP contribution in [-0.4, -0.2) is 27.6 Å². The summed E-state index contributed by atoms with van der Waals surface area (Å²) in [7, 11) is 0. The van der Waals surface area contributed by atoms with Crippen LogP contribution in [0.25, 0.3) is 0 Å². The fraction of sp³-hybridized carbons (Fsp3) is 0.250. The zero-order valence-corrected chi connectivity index (χ0v) is 13.2. The van der Waals surface area contributed by atoms with Crippen LogP contribution >= 0.6 is 34.9 Å². The lowest BCUT2D eigenvalue weighted by Crippen LogP contribution is -2.22. The van der Waals surface area contributed by atoms with E-state index in [0.29, 0.717) is 5.69 Å². The van der Waals surface area contributed by atoms with Crippen LogP contribution in [0.3, 0.4) is 0 Å². The smallest absolute Gasteiger partial charge is 0.237 e. The van der Waals surface area contributed by atoms with Crippen LogP contribution in [0.5, 0.6) is 0 Å². The van der Waals surface area contributed by atoms with Crippen LogP contribution in [0.2, 0.25) is 0 Å². The Labute approximate surface area is 128 Å². The number of carbonyl (C=O) groups excluding carboxylic acids is 1. The molecule has 0 aliphatic carbocycles. The highest BCUT2D eigenvalue weighted by Gasteiger charge is 2.17. The van der Waals surface area contributed by atoms with Crippen LogP contribution < -0.4 is 5.32 Å². The molecule has 0 radical (unpaired) electrons. The minimum atomic E-state index is -0.378. The minimum Gasteiger partial charge on any atom is -0.325 e. The van der Waals surface area contributed by atoms with Gasteiger partial charge in [0.25, 0.3) is 0 Å². The second-order valence-electron chi connectivity index (χ2n) is 3.80. The standard InChI is InChI=1S/C12H12FN3OS3/c1-7(19-12-16-15-11(18-2)20-12)10(17)14-9-5-3-4-8(13)6-9/h3-7H,1-2H3,(H,14,17)/t7-/m0/s1. The predicted molar refractivity (Wildman–Crippen MR) is 82.0 cm³/mol. The van der Waals surface area contributed by atoms with E-state index >= 15 is 0 Å². The molecule has 20 heavy (non-hydrogen) atoms. The molecular formula is C12H12FN3OS3. The highest BCUT2D eigenvalue weighted by molar-refractivity contribution is 8.03. The van der Waals surface area contributed by atoms with Crippen molar-refractivity contribution in [3.8, 4) is 0 Å². The van der Waals surface area contributed by atoms with Gasteiger partial charge in [0.15, 0.2) is 8.68 Å². The first-order chi connectivity index (χ1) is 9.58. The van der Waals surface area contributed by atoms with Gasteiger partial charge in [-0.15, -0.1) is 10.2 Å². The summed E-state index contributed by atoms with van der Waals surface area (Å²) in [5.41, 5.74) is 0.449. The molecule has 0 fully saturated rings. The van der Waals surface area contributed by atoms with E-state index < -0.39 is 0 Å². The summed E-state index contributed by atoms with van der Waals surface area (Å²) in [5, 5.41) is 10.3. The third-order valence-electron chi connectivity index (χ3n) is 2.30. The largest absolute Gasteiger partial charge is 0.325 e. The number of rotatable bonds is 5. The molecule has 4 nitrogen and oxygen atoms in total. The van der Waals surface area contributed by atoms with E-state index in [0.717, 1.165) is 8.68 Å². The van der Waals surface area contributed by atoms with Gasteiger partial charge in [-0.2, -0.15) is 0 Å². The Morgan fingerprint density at radius 1 is 1.40 bits per heavy atom. The maximum atomic E-state index is 13.0. The van der Waals surface area contributed by atoms with Crippen molar-refractivity contribution < 1.29 is 9.18 Å². The first-order valence-electron chi connectivity index (χ1n) is 5.69. The lowest BCUT2D eigenvalue weighted by Gasteiger charge is -2.10. The Kier molecular flexibility index (Phi) is 5.38. The van der Waals surface area contributed by atoms with Gasteiger partial charge in [-0.05, 0) is 31.4 Å². The highest BCUT2D eigenvalue weighted by Crippen LogP contribution is 2.30. The number of amides is 1. The molecule has 0 saturated carbocycles. The fourth-order valence-corrected chi connectivity index (χ4v) is 3.92. The van der Waals surface area contributed by atoms with Gasteiger partial charge in [0.1, 0.15) is 5.82 Å². The molecule has 2 rings (SSSR count). The van der Waals surface area contributed by atoms with Gasteiger partial charge >= 0.3 is 0 Å². The van der Waals surface area contributed by atoms with E-state index in [-0.39, 0.29) is 17.0 Å². The molecule has 0 aliphatic rings. The summed E-state index contributed by atoms with van der Waals surface area (Å²) in [6, 6.07) is 5.82. The molecular weight excluding hydrogens is 317 g/mol. The van der Waals surface area contributed by atoms with Gasteiger partial charge < -0.3 is 5.32 Å². The first kappa shape index (κ1) is 15.3. The van der Waals surface area contributed by atoms with Crippen molar-refractivity contribution in [1.82, 2.24) is 10.2 Å². The zero-order valence-electron chi connectivity index (χ0n) is 10.8. The number of thioether (sulfide) groups is 2. The number of nitrogens with one attached hydrogen (secondary N) is 1. The van der Waals surface area contributed by atoms with Crippen LogP contribution in [0.4, 0.5) is 10.1 Å². The average molecular weight is 329 g/mol. The highest BCUT2D eigenvalue weighted by atomic mass is 32.2. The number of hydrogen-bond donors (Lipinski definition) is 1. The molecule has 0 spiro atoms. The van der Waals surface area contributed by atoms with Crippen molar-refractivity contribution >= 4 is 46.5 Å². The second kappa shape index (κ2) is 7.05. The number of halogens is 1. The van der Waals surface area contributed by atoms with E-state index in [9.17, 15) is 9.18 Å². The quantitative estimate of drug-likeness (QED) is 0.851. The van der Waals surface area contributed by atoms with Crippen LogP contribution in [0, 0.1) is 5.82 Å². The van der Waals surface area contributed by atoms with Crippen molar-refractivity contribution in [3.63, 3.8) is 0 Å². The molecule has 1 aromatic carbocycles. The molecule has 0 bridgehead atoms. The number of carbonyl (C=O) groups is 1. The maximum absolute atomic E-state index is 13.0. The molecule has 0 unspecified atom stereocenters. The summed E-state index contributed by atoms with van der Waals surface area (Å²) in [4.78, 5) is 12.0. The van der Waals surface area contributed by atoms with Crippen LogP contribution in [0.15, 0.2) is 32.9 Å². The van der Waals surface area contributed by atoms with Crippen molar-refractivity contribution in [2.45, 2.75) is 20.9 Å². The lowest BCUT2D eigenvalue weighted by atomic mass is 10.3. The minimum absolute atomic E-state index is 0.193. The normalized spacial score (nSPS) is 12.2. The van der Waals surface area contributed by atoms with Gasteiger partial charge in [0.2, 0.25) is 5.91 Å². The molecule has 8 heteroatoms. The molecule has 1 heterocycles. The second-order valence-corrected chi connectivity index (χ2v) is 7.42. The Hall–Kier alpha value is -1.12. The Bertz CT molecular complexity index is 605. The summed E-state index contributed by atoms with van der Waals surface area (Å²) >= 11 is 4.31. The lowest BCUT2D eigenvalue weighted by molar-refractivity contribution is -0.115. The number of anilines is 1. The van der Waals surface area contributed by atoms with Crippen molar-refractivity contribution in [2.24, 2.45) is 0 Å². The van der Waals surface area contributed by atoms with Crippen molar-refractivity contribution in [2.75, 3.05) is 11.6 Å². The van der Waals surface area contributed by atoms with Crippen molar-refractivity contribution in [1.29, 1.82) is 0 Å². The Balaban J connectivity index is 1.95. The summed E-state index contributed by atoms with van der Waals surface area (Å²) < 4.78 is 14.6. The molecule has 1 aromatic heterocycles. The maximum Gasteiger partial charge on any atom is 0.237 e. The third kappa shape index (κ3) is 4.19. The Morgan fingerprint density at radius 2 is 2.15 bits per heavy atom. The van der Waals surface area contributed by atoms with E-state index in [4.69, 9.17) is 0 Å². The molecule has 1 amide bonds. The van der Waals surface area contributed by atoms with Gasteiger partial charge in [0.05, 0.1) is 5.25 Å². The van der Waals surface area contributed by atoms with E-state index in [1.807, 2.05) is 6.26 Å². The van der Waals surface area contributed by atoms with E-state index in [1.165, 1.54) is 47.0 Å². The summed E-state index contributed by atoms with van der Waals surface area (Å²) in [5.74, 6) is -0.571. The molecule has 106 valence electrons. The molecule has 1 atom stereocenters. The van der Waals surface area contributed by atoms with Gasteiger partial charge in [-0.25, -0.2) is 4.39 Å². The molecule has 1 N–H and O–H groups in total. The van der Waals surface area contributed by atoms with Gasteiger partial charge in [-0.1, -0.05) is 40.9 Å². The third-order valence-corrected chi connectivity index (χ3v) is 5.38. The van der Waals surface area contributed by atoms with Crippen molar-refractivity contribution in [3.05, 3.63) is 30.1 Å².